The molecular formula is C14H26O6. The Morgan fingerprint density at radius 3 is 1.80 bits per heavy atom. The molecule has 0 aromatic carbocycles. The molecule has 1 aliphatic carbocycles. The maximum atomic E-state index is 10.8. The number of aliphatic hydroxyl groups is 4. The molecule has 0 aliphatic heterocycles. The van der Waals surface area contributed by atoms with E-state index in [1.807, 2.05) is 0 Å². The van der Waals surface area contributed by atoms with Crippen LogP contribution >= 0.6 is 0 Å². The number of hydrogen-bond donors (Lipinski definition) is 4. The van der Waals surface area contributed by atoms with Crippen molar-refractivity contribution in [2.24, 2.45) is 10.8 Å². The van der Waals surface area contributed by atoms with Crippen LogP contribution in [0.4, 0.5) is 0 Å². The summed E-state index contributed by atoms with van der Waals surface area (Å²) in [7, 11) is 0. The van der Waals surface area contributed by atoms with Crippen LogP contribution < -0.4 is 0 Å². The first kappa shape index (κ1) is 17.4. The van der Waals surface area contributed by atoms with Crippen molar-refractivity contribution >= 4 is 6.47 Å². The monoisotopic (exact) mass is 290 g/mol. The molecule has 0 saturated heterocycles. The molecule has 1 rings (SSSR count). The lowest BCUT2D eigenvalue weighted by molar-refractivity contribution is -0.339. The van der Waals surface area contributed by atoms with Crippen molar-refractivity contribution in [1.82, 2.24) is 0 Å². The molecule has 0 aromatic rings. The second kappa shape index (κ2) is 4.66. The van der Waals surface area contributed by atoms with Gasteiger partial charge in [0.05, 0.1) is 13.2 Å². The molecule has 4 N–H and O–H groups in total. The van der Waals surface area contributed by atoms with E-state index >= 15 is 0 Å². The fourth-order valence-electron chi connectivity index (χ4n) is 3.47. The zero-order valence-electron chi connectivity index (χ0n) is 12.8. The highest BCUT2D eigenvalue weighted by Crippen LogP contribution is 2.60. The molecule has 6 heteroatoms. The number of hydrogen-bond acceptors (Lipinski definition) is 6. The van der Waals surface area contributed by atoms with E-state index in [1.54, 1.807) is 13.8 Å². The third-order valence-corrected chi connectivity index (χ3v) is 5.85. The minimum Gasteiger partial charge on any atom is -0.467 e. The van der Waals surface area contributed by atoms with Crippen LogP contribution in [-0.2, 0) is 9.53 Å². The molecule has 1 fully saturated rings. The Bertz CT molecular complexity index is 389. The minimum atomic E-state index is -1.91. The normalized spacial score (nSPS) is 52.6. The first-order valence-corrected chi connectivity index (χ1v) is 6.66. The van der Waals surface area contributed by atoms with Crippen LogP contribution in [0.15, 0.2) is 0 Å². The summed E-state index contributed by atoms with van der Waals surface area (Å²) in [6.45, 7) is 7.22. The molecule has 6 nitrogen and oxygen atoms in total. The third kappa shape index (κ3) is 1.89. The van der Waals surface area contributed by atoms with Crippen LogP contribution in [-0.4, -0.2) is 56.9 Å². The van der Waals surface area contributed by atoms with E-state index in [2.05, 4.69) is 0 Å². The average molecular weight is 290 g/mol. The Morgan fingerprint density at radius 2 is 1.40 bits per heavy atom. The second-order valence-corrected chi connectivity index (χ2v) is 7.08. The van der Waals surface area contributed by atoms with E-state index in [1.165, 1.54) is 20.8 Å². The van der Waals surface area contributed by atoms with Crippen molar-refractivity contribution in [2.75, 3.05) is 13.2 Å². The number of carbonyl (C=O) groups is 1. The van der Waals surface area contributed by atoms with Crippen LogP contribution in [0.25, 0.3) is 0 Å². The van der Waals surface area contributed by atoms with Gasteiger partial charge in [0.25, 0.3) is 6.47 Å². The highest BCUT2D eigenvalue weighted by Gasteiger charge is 2.72. The Hall–Kier alpha value is -0.690. The summed E-state index contributed by atoms with van der Waals surface area (Å²) in [4.78, 5) is 10.5. The first-order chi connectivity index (χ1) is 8.83. The van der Waals surface area contributed by atoms with E-state index < -0.39 is 27.6 Å². The highest BCUT2D eigenvalue weighted by molar-refractivity contribution is 5.37. The SMILES string of the molecule is CC1(O)[C@@](C)(COC=O)CC(C)(CO)[C@@](C)(O)[C@@]1(C)O. The van der Waals surface area contributed by atoms with Gasteiger partial charge in [-0.05, 0) is 27.2 Å². The van der Waals surface area contributed by atoms with Gasteiger partial charge < -0.3 is 25.2 Å². The molecule has 0 heterocycles. The quantitative estimate of drug-likeness (QED) is 0.535. The molecule has 0 spiro atoms. The molecule has 1 aliphatic rings. The van der Waals surface area contributed by atoms with Crippen LogP contribution in [0.1, 0.15) is 41.0 Å². The van der Waals surface area contributed by atoms with E-state index in [0.29, 0.717) is 0 Å². The van der Waals surface area contributed by atoms with Crippen molar-refractivity contribution in [3.05, 3.63) is 0 Å². The summed E-state index contributed by atoms with van der Waals surface area (Å²) < 4.78 is 4.80. The van der Waals surface area contributed by atoms with Gasteiger partial charge in [0.2, 0.25) is 0 Å². The van der Waals surface area contributed by atoms with Gasteiger partial charge in [-0.2, -0.15) is 0 Å². The molecule has 5 atom stereocenters. The molecule has 0 aromatic heterocycles. The van der Waals surface area contributed by atoms with Gasteiger partial charge in [0.15, 0.2) is 0 Å². The second-order valence-electron chi connectivity index (χ2n) is 7.08. The van der Waals surface area contributed by atoms with Gasteiger partial charge in [-0.25, -0.2) is 0 Å². The minimum absolute atomic E-state index is 0.120. The highest BCUT2D eigenvalue weighted by atomic mass is 16.5. The van der Waals surface area contributed by atoms with Crippen molar-refractivity contribution in [3.8, 4) is 0 Å². The van der Waals surface area contributed by atoms with Gasteiger partial charge in [0, 0.05) is 10.8 Å². The Balaban J connectivity index is 3.42. The number of ether oxygens (including phenoxy) is 1. The van der Waals surface area contributed by atoms with Gasteiger partial charge in [-0.3, -0.25) is 4.79 Å². The van der Waals surface area contributed by atoms with Gasteiger partial charge in [0.1, 0.15) is 16.8 Å². The maximum absolute atomic E-state index is 10.8. The van der Waals surface area contributed by atoms with Gasteiger partial charge >= 0.3 is 0 Å². The number of aliphatic hydroxyl groups excluding tert-OH is 1. The van der Waals surface area contributed by atoms with E-state index in [9.17, 15) is 25.2 Å². The molecule has 0 radical (unpaired) electrons. The number of carbonyl (C=O) groups excluding carboxylic acids is 1. The lowest BCUT2D eigenvalue weighted by Crippen LogP contribution is -2.79. The Kier molecular flexibility index (Phi) is 4.05. The largest absolute Gasteiger partial charge is 0.467 e. The zero-order valence-corrected chi connectivity index (χ0v) is 12.8. The standard InChI is InChI=1S/C14H26O6/c1-10(7-15)6-11(2,8-20-9-16)13(4,18)14(5,19)12(10,3)17/h9,15,17-19H,6-8H2,1-5H3/t10?,11-,12-,13?,14-/m1/s1. The van der Waals surface area contributed by atoms with Gasteiger partial charge in [-0.15, -0.1) is 0 Å². The van der Waals surface area contributed by atoms with Crippen LogP contribution in [0.3, 0.4) is 0 Å². The average Bonchev–Trinajstić information content (AvgIpc) is 2.34. The zero-order chi connectivity index (χ0) is 16.0. The fourth-order valence-corrected chi connectivity index (χ4v) is 3.47. The third-order valence-electron chi connectivity index (χ3n) is 5.85. The summed E-state index contributed by atoms with van der Waals surface area (Å²) in [5.74, 6) is 0. The van der Waals surface area contributed by atoms with E-state index in [0.717, 1.165) is 0 Å². The van der Waals surface area contributed by atoms with Crippen molar-refractivity contribution < 1.29 is 30.0 Å². The van der Waals surface area contributed by atoms with Crippen molar-refractivity contribution in [1.29, 1.82) is 0 Å². The summed E-state index contributed by atoms with van der Waals surface area (Å²) in [6.07, 6.45) is 0.181. The van der Waals surface area contributed by atoms with Crippen LogP contribution in [0.2, 0.25) is 0 Å². The van der Waals surface area contributed by atoms with E-state index in [4.69, 9.17) is 4.74 Å². The molecule has 0 bridgehead atoms. The van der Waals surface area contributed by atoms with E-state index in [-0.39, 0.29) is 26.1 Å². The predicted molar refractivity (Wildman–Crippen MR) is 71.8 cm³/mol. The maximum Gasteiger partial charge on any atom is 0.293 e. The summed E-state index contributed by atoms with van der Waals surface area (Å²) in [5, 5.41) is 42.0. The van der Waals surface area contributed by atoms with Crippen molar-refractivity contribution in [3.63, 3.8) is 0 Å². The topological polar surface area (TPSA) is 107 Å². The summed E-state index contributed by atoms with van der Waals surface area (Å²) >= 11 is 0. The van der Waals surface area contributed by atoms with Gasteiger partial charge in [-0.1, -0.05) is 13.8 Å². The van der Waals surface area contributed by atoms with Crippen LogP contribution in [0, 0.1) is 10.8 Å². The molecular weight excluding hydrogens is 264 g/mol. The number of rotatable bonds is 4. The lowest BCUT2D eigenvalue weighted by atomic mass is 9.45. The molecule has 0 amide bonds. The molecule has 118 valence electrons. The van der Waals surface area contributed by atoms with Crippen LogP contribution in [0.5, 0.6) is 0 Å². The van der Waals surface area contributed by atoms with Crippen molar-refractivity contribution in [2.45, 2.75) is 57.8 Å². The molecule has 20 heavy (non-hydrogen) atoms. The lowest BCUT2D eigenvalue weighted by Gasteiger charge is -2.66. The molecule has 1 saturated carbocycles. The smallest absolute Gasteiger partial charge is 0.293 e. The first-order valence-electron chi connectivity index (χ1n) is 6.66. The fraction of sp³-hybridized carbons (Fsp3) is 0.929. The Labute approximate surface area is 119 Å². The summed E-state index contributed by atoms with van der Waals surface area (Å²) in [5.41, 5.74) is -7.42. The molecule has 2 unspecified atom stereocenters. The predicted octanol–water partition coefficient (Wildman–Crippen LogP) is -0.179. The summed E-state index contributed by atoms with van der Waals surface area (Å²) in [6, 6.07) is 0. The Morgan fingerprint density at radius 1 is 0.950 bits per heavy atom.